The lowest BCUT2D eigenvalue weighted by molar-refractivity contribution is 0.00232. The molecule has 0 spiro atoms. The van der Waals surface area contributed by atoms with E-state index in [1.807, 2.05) is 18.2 Å². The number of piperidine rings is 1. The number of hydrogen-bond acceptors (Lipinski definition) is 3. The molecule has 3 rings (SSSR count). The normalized spacial score (nSPS) is 32.1. The van der Waals surface area contributed by atoms with Crippen molar-refractivity contribution in [1.82, 2.24) is 4.90 Å². The minimum atomic E-state index is -0.142. The largest absolute Gasteiger partial charge is 0.393 e. The highest BCUT2D eigenvalue weighted by Gasteiger charge is 2.45. The molecule has 4 atom stereocenters. The third-order valence-electron chi connectivity index (χ3n) is 5.15. The Bertz CT molecular complexity index is 481. The van der Waals surface area contributed by atoms with Gasteiger partial charge in [0.2, 0.25) is 0 Å². The van der Waals surface area contributed by atoms with Crippen molar-refractivity contribution >= 4 is 11.6 Å². The Kier molecular flexibility index (Phi) is 4.55. The van der Waals surface area contributed by atoms with Gasteiger partial charge in [-0.1, -0.05) is 30.7 Å². The molecule has 2 aliphatic rings. The van der Waals surface area contributed by atoms with Crippen molar-refractivity contribution in [3.63, 3.8) is 0 Å². The molecule has 2 aliphatic heterocycles. The van der Waals surface area contributed by atoms with Crippen LogP contribution in [0.4, 0.5) is 0 Å². The van der Waals surface area contributed by atoms with E-state index in [0.717, 1.165) is 24.3 Å². The molecule has 116 valence electrons. The van der Waals surface area contributed by atoms with Gasteiger partial charge in [0.1, 0.15) is 0 Å². The zero-order valence-corrected chi connectivity index (χ0v) is 13.3. The van der Waals surface area contributed by atoms with Crippen LogP contribution >= 0.6 is 11.6 Å². The summed E-state index contributed by atoms with van der Waals surface area (Å²) in [6.45, 7) is 2.14. The summed E-state index contributed by atoms with van der Waals surface area (Å²) in [4.78, 5) is 2.58. The summed E-state index contributed by atoms with van der Waals surface area (Å²) in [6, 6.07) is 9.33. The quantitative estimate of drug-likeness (QED) is 0.898. The Labute approximate surface area is 132 Å². The second kappa shape index (κ2) is 6.25. The second-order valence-electron chi connectivity index (χ2n) is 6.53. The maximum atomic E-state index is 10.0. The average molecular weight is 309 g/mol. The molecular weight excluding hydrogens is 284 g/mol. The fourth-order valence-corrected chi connectivity index (χ4v) is 4.39. The summed E-state index contributed by atoms with van der Waals surface area (Å²) in [5, 5.41) is 10.8. The summed E-state index contributed by atoms with van der Waals surface area (Å²) in [6.07, 6.45) is 4.91. The number of nitrogens with zero attached hydrogens (tertiary/aromatic N) is 1. The lowest BCUT2D eigenvalue weighted by Gasteiger charge is -2.44. The van der Waals surface area contributed by atoms with Crippen molar-refractivity contribution in [2.45, 2.75) is 69.3 Å². The van der Waals surface area contributed by atoms with Crippen molar-refractivity contribution in [3.05, 3.63) is 34.9 Å². The van der Waals surface area contributed by atoms with Crippen molar-refractivity contribution in [3.8, 4) is 0 Å². The van der Waals surface area contributed by atoms with Gasteiger partial charge in [-0.2, -0.15) is 0 Å². The van der Waals surface area contributed by atoms with Gasteiger partial charge in [0.15, 0.2) is 0 Å². The number of hydrogen-bond donors (Lipinski definition) is 2. The Morgan fingerprint density at radius 1 is 1.33 bits per heavy atom. The Balaban J connectivity index is 1.93. The van der Waals surface area contributed by atoms with E-state index in [4.69, 9.17) is 17.3 Å². The van der Waals surface area contributed by atoms with E-state index in [1.165, 1.54) is 18.4 Å². The molecule has 0 radical (unpaired) electrons. The molecule has 1 aromatic carbocycles. The van der Waals surface area contributed by atoms with Gasteiger partial charge in [-0.15, -0.1) is 0 Å². The van der Waals surface area contributed by atoms with Crippen LogP contribution in [0.25, 0.3) is 0 Å². The molecule has 2 saturated heterocycles. The zero-order chi connectivity index (χ0) is 15.0. The predicted molar refractivity (Wildman–Crippen MR) is 86.3 cm³/mol. The molecule has 2 bridgehead atoms. The molecule has 0 aliphatic carbocycles. The van der Waals surface area contributed by atoms with Crippen LogP contribution in [-0.4, -0.2) is 34.2 Å². The molecule has 3 nitrogen and oxygen atoms in total. The van der Waals surface area contributed by atoms with Crippen molar-refractivity contribution in [2.75, 3.05) is 0 Å². The average Bonchev–Trinajstić information content (AvgIpc) is 2.71. The summed E-state index contributed by atoms with van der Waals surface area (Å²) in [5.74, 6) is 0. The number of halogens is 1. The van der Waals surface area contributed by atoms with E-state index in [1.54, 1.807) is 0 Å². The summed E-state index contributed by atoms with van der Waals surface area (Å²) < 4.78 is 0. The van der Waals surface area contributed by atoms with Crippen LogP contribution in [0, 0.1) is 0 Å². The van der Waals surface area contributed by atoms with Gasteiger partial charge in [0.25, 0.3) is 0 Å². The fraction of sp³-hybridized carbons (Fsp3) is 0.647. The minimum absolute atomic E-state index is 0.0989. The summed E-state index contributed by atoms with van der Waals surface area (Å²) >= 11 is 6.19. The molecule has 2 fully saturated rings. The Morgan fingerprint density at radius 3 is 2.57 bits per heavy atom. The molecule has 3 N–H and O–H groups in total. The van der Waals surface area contributed by atoms with Gasteiger partial charge in [0.05, 0.1) is 12.1 Å². The standard InChI is InChI=1S/C17H25ClN2O/c1-2-16(19)17(11-4-3-5-12(18)8-11)20-13-6-7-14(20)10-15(21)9-13/h3-5,8,13-17,21H,2,6-7,9-10,19H2,1H3. The highest BCUT2D eigenvalue weighted by Crippen LogP contribution is 2.43. The zero-order valence-electron chi connectivity index (χ0n) is 12.6. The van der Waals surface area contributed by atoms with E-state index in [-0.39, 0.29) is 18.2 Å². The molecule has 0 amide bonds. The molecule has 2 heterocycles. The van der Waals surface area contributed by atoms with Gasteiger partial charge in [0, 0.05) is 23.1 Å². The van der Waals surface area contributed by atoms with Crippen LogP contribution in [0.2, 0.25) is 5.02 Å². The molecule has 0 saturated carbocycles. The molecule has 4 unspecified atom stereocenters. The molecule has 1 aromatic rings. The van der Waals surface area contributed by atoms with Crippen molar-refractivity contribution < 1.29 is 5.11 Å². The monoisotopic (exact) mass is 308 g/mol. The lowest BCUT2D eigenvalue weighted by atomic mass is 9.90. The first kappa shape index (κ1) is 15.3. The van der Waals surface area contributed by atoms with Crippen LogP contribution < -0.4 is 5.73 Å². The van der Waals surface area contributed by atoms with Crippen molar-refractivity contribution in [1.29, 1.82) is 0 Å². The minimum Gasteiger partial charge on any atom is -0.393 e. The summed E-state index contributed by atoms with van der Waals surface area (Å²) in [5.41, 5.74) is 7.68. The molecule has 0 aromatic heterocycles. The van der Waals surface area contributed by atoms with E-state index < -0.39 is 0 Å². The topological polar surface area (TPSA) is 49.5 Å². The highest BCUT2D eigenvalue weighted by atomic mass is 35.5. The van der Waals surface area contributed by atoms with Crippen molar-refractivity contribution in [2.24, 2.45) is 5.73 Å². The third kappa shape index (κ3) is 2.98. The Morgan fingerprint density at radius 2 is 2.00 bits per heavy atom. The SMILES string of the molecule is CCC(N)C(c1cccc(Cl)c1)N1C2CCC1CC(O)C2. The maximum absolute atomic E-state index is 10.0. The first-order valence-electron chi connectivity index (χ1n) is 8.06. The fourth-order valence-electron chi connectivity index (χ4n) is 4.19. The first-order chi connectivity index (χ1) is 10.1. The van der Waals surface area contributed by atoms with Crippen LogP contribution in [0.1, 0.15) is 50.6 Å². The number of fused-ring (bicyclic) bond motifs is 2. The van der Waals surface area contributed by atoms with Gasteiger partial charge in [-0.05, 0) is 49.8 Å². The number of aliphatic hydroxyl groups is 1. The van der Waals surface area contributed by atoms with E-state index in [0.29, 0.717) is 12.1 Å². The Hall–Kier alpha value is -0.610. The van der Waals surface area contributed by atoms with Crippen LogP contribution in [-0.2, 0) is 0 Å². The highest BCUT2D eigenvalue weighted by molar-refractivity contribution is 6.30. The number of aliphatic hydroxyl groups excluding tert-OH is 1. The second-order valence-corrected chi connectivity index (χ2v) is 6.97. The van der Waals surface area contributed by atoms with E-state index >= 15 is 0 Å². The lowest BCUT2D eigenvalue weighted by Crippen LogP contribution is -2.51. The van der Waals surface area contributed by atoms with Gasteiger partial charge in [-0.3, -0.25) is 4.90 Å². The van der Waals surface area contributed by atoms with Crippen LogP contribution in [0.3, 0.4) is 0 Å². The number of rotatable bonds is 4. The van der Waals surface area contributed by atoms with Crippen LogP contribution in [0.5, 0.6) is 0 Å². The number of nitrogens with two attached hydrogens (primary N) is 1. The molecular formula is C17H25ClN2O. The van der Waals surface area contributed by atoms with E-state index in [2.05, 4.69) is 17.9 Å². The predicted octanol–water partition coefficient (Wildman–Crippen LogP) is 3.11. The molecule has 21 heavy (non-hydrogen) atoms. The first-order valence-corrected chi connectivity index (χ1v) is 8.44. The van der Waals surface area contributed by atoms with Gasteiger partial charge < -0.3 is 10.8 Å². The molecule has 4 heteroatoms. The van der Waals surface area contributed by atoms with Gasteiger partial charge >= 0.3 is 0 Å². The van der Waals surface area contributed by atoms with Crippen LogP contribution in [0.15, 0.2) is 24.3 Å². The smallest absolute Gasteiger partial charge is 0.0570 e. The summed E-state index contributed by atoms with van der Waals surface area (Å²) in [7, 11) is 0. The third-order valence-corrected chi connectivity index (χ3v) is 5.39. The van der Waals surface area contributed by atoms with E-state index in [9.17, 15) is 5.11 Å². The van der Waals surface area contributed by atoms with Gasteiger partial charge in [-0.25, -0.2) is 0 Å². The maximum Gasteiger partial charge on any atom is 0.0570 e. The number of benzene rings is 1.